The molecule has 0 bridgehead atoms. The molecule has 2 N–H and O–H groups in total. The number of rotatable bonds is 8. The summed E-state index contributed by atoms with van der Waals surface area (Å²) in [6, 6.07) is 10.5. The smallest absolute Gasteiger partial charge is 0.256 e. The Balaban J connectivity index is 2.34. The second kappa shape index (κ2) is 9.66. The van der Waals surface area contributed by atoms with E-state index < -0.39 is 24.2 Å². The van der Waals surface area contributed by atoms with Crippen molar-refractivity contribution in [3.63, 3.8) is 0 Å². The predicted octanol–water partition coefficient (Wildman–Crippen LogP) is 6.13. The van der Waals surface area contributed by atoms with Crippen molar-refractivity contribution in [2.75, 3.05) is 18.0 Å². The van der Waals surface area contributed by atoms with Crippen LogP contribution in [-0.4, -0.2) is 35.9 Å². The number of amides is 1. The molecule has 0 aliphatic rings. The van der Waals surface area contributed by atoms with Gasteiger partial charge in [-0.05, 0) is 47.5 Å². The maximum atomic E-state index is 13.5. The van der Waals surface area contributed by atoms with Crippen LogP contribution in [0.2, 0.25) is 17.1 Å². The van der Waals surface area contributed by atoms with E-state index in [1.807, 2.05) is 0 Å². The molecule has 0 spiro atoms. The largest absolute Gasteiger partial charge is 0.542 e. The number of fused-ring (bicyclic) bond motifs is 1. The second-order valence-electron chi connectivity index (χ2n) is 9.66. The first-order chi connectivity index (χ1) is 16.2. The number of carbonyl (C=O) groups is 1. The minimum atomic E-state index is -3.63. The lowest BCUT2D eigenvalue weighted by Gasteiger charge is -2.41. The second-order valence-corrected chi connectivity index (χ2v) is 16.5. The van der Waals surface area contributed by atoms with Crippen LogP contribution in [0.25, 0.3) is 22.3 Å². The summed E-state index contributed by atoms with van der Waals surface area (Å²) in [5, 5.41) is 2.97. The van der Waals surface area contributed by atoms with Gasteiger partial charge in [0.2, 0.25) is 10.0 Å². The molecule has 0 aliphatic heterocycles. The van der Waals surface area contributed by atoms with Crippen molar-refractivity contribution < 1.29 is 26.4 Å². The number of sulfonamides is 1. The first kappa shape index (κ1) is 26.7. The van der Waals surface area contributed by atoms with Crippen LogP contribution in [0.15, 0.2) is 40.8 Å². The van der Waals surface area contributed by atoms with E-state index in [0.29, 0.717) is 22.3 Å². The standard InChI is InChI=1S/C25H33FN2O5SSi/c1-8-35(9-2,25(3,4)5)33-21-14-18-20(15-19(21)28-34(7,30)31)32-23(22(18)24(29)27-6)16-10-12-17(26)13-11-16/h10-15,28H,8-9H2,1-7H3,(H,27,29). The van der Waals surface area contributed by atoms with E-state index >= 15 is 0 Å². The van der Waals surface area contributed by atoms with Gasteiger partial charge < -0.3 is 14.2 Å². The Morgan fingerprint density at radius 2 is 1.71 bits per heavy atom. The predicted molar refractivity (Wildman–Crippen MR) is 141 cm³/mol. The zero-order chi connectivity index (χ0) is 26.2. The maximum Gasteiger partial charge on any atom is 0.256 e. The monoisotopic (exact) mass is 520 g/mol. The van der Waals surface area contributed by atoms with Gasteiger partial charge in [-0.3, -0.25) is 9.52 Å². The van der Waals surface area contributed by atoms with E-state index in [1.54, 1.807) is 12.1 Å². The number of furan rings is 1. The van der Waals surface area contributed by atoms with Crippen molar-refractivity contribution in [1.29, 1.82) is 0 Å². The van der Waals surface area contributed by atoms with Crippen LogP contribution >= 0.6 is 0 Å². The average Bonchev–Trinajstić information content (AvgIpc) is 3.13. The van der Waals surface area contributed by atoms with Gasteiger partial charge in [-0.25, -0.2) is 12.8 Å². The van der Waals surface area contributed by atoms with Gasteiger partial charge in [0.15, 0.2) is 0 Å². The third-order valence-corrected chi connectivity index (χ3v) is 12.7. The highest BCUT2D eigenvalue weighted by atomic mass is 32.2. The van der Waals surface area contributed by atoms with E-state index in [1.165, 1.54) is 31.3 Å². The average molecular weight is 521 g/mol. The van der Waals surface area contributed by atoms with Gasteiger partial charge in [0, 0.05) is 24.1 Å². The molecular weight excluding hydrogens is 487 g/mol. The molecule has 3 aromatic rings. The van der Waals surface area contributed by atoms with Gasteiger partial charge in [-0.15, -0.1) is 0 Å². The molecule has 35 heavy (non-hydrogen) atoms. The summed E-state index contributed by atoms with van der Waals surface area (Å²) in [5.41, 5.74) is 1.33. The van der Waals surface area contributed by atoms with E-state index in [4.69, 9.17) is 8.84 Å². The van der Waals surface area contributed by atoms with Gasteiger partial charge in [0.1, 0.15) is 22.9 Å². The molecule has 1 aromatic heterocycles. The molecule has 3 rings (SSSR count). The van der Waals surface area contributed by atoms with Crippen molar-refractivity contribution >= 4 is 40.9 Å². The fourth-order valence-electron chi connectivity index (χ4n) is 4.46. The molecule has 0 saturated heterocycles. The van der Waals surface area contributed by atoms with Gasteiger partial charge in [-0.1, -0.05) is 34.6 Å². The Kier molecular flexibility index (Phi) is 7.38. The van der Waals surface area contributed by atoms with Crippen LogP contribution in [-0.2, 0) is 10.0 Å². The molecule has 2 aromatic carbocycles. The van der Waals surface area contributed by atoms with Crippen LogP contribution in [0.5, 0.6) is 5.75 Å². The molecular formula is C25H33FN2O5SSi. The van der Waals surface area contributed by atoms with Crippen molar-refractivity contribution in [2.45, 2.75) is 51.7 Å². The maximum absolute atomic E-state index is 13.5. The summed E-state index contributed by atoms with van der Waals surface area (Å²) in [5.74, 6) is -0.190. The number of carbonyl (C=O) groups excluding carboxylic acids is 1. The fraction of sp³-hybridized carbons (Fsp3) is 0.400. The Morgan fingerprint density at radius 1 is 1.11 bits per heavy atom. The Bertz CT molecular complexity index is 1340. The summed E-state index contributed by atoms with van der Waals surface area (Å²) >= 11 is 0. The Hall–Kier alpha value is -2.85. The highest BCUT2D eigenvalue weighted by Gasteiger charge is 2.46. The molecule has 0 saturated carbocycles. The van der Waals surface area contributed by atoms with Crippen LogP contribution < -0.4 is 14.5 Å². The molecule has 10 heteroatoms. The molecule has 190 valence electrons. The number of hydrogen-bond acceptors (Lipinski definition) is 5. The van der Waals surface area contributed by atoms with Crippen LogP contribution in [0.4, 0.5) is 10.1 Å². The molecule has 1 heterocycles. The number of halogens is 1. The van der Waals surface area contributed by atoms with Gasteiger partial charge in [-0.2, -0.15) is 0 Å². The van der Waals surface area contributed by atoms with Crippen molar-refractivity contribution in [2.24, 2.45) is 0 Å². The number of hydrogen-bond donors (Lipinski definition) is 2. The number of benzene rings is 2. The molecule has 0 unspecified atom stereocenters. The molecule has 0 aliphatic carbocycles. The van der Waals surface area contributed by atoms with Gasteiger partial charge in [0.05, 0.1) is 17.5 Å². The topological polar surface area (TPSA) is 97.6 Å². The first-order valence-electron chi connectivity index (χ1n) is 11.5. The lowest BCUT2D eigenvalue weighted by molar-refractivity contribution is 0.0964. The van der Waals surface area contributed by atoms with Crippen molar-refractivity contribution in [3.05, 3.63) is 47.8 Å². The normalized spacial score (nSPS) is 12.6. The molecule has 7 nitrogen and oxygen atoms in total. The Labute approximate surface area is 207 Å². The Morgan fingerprint density at radius 3 is 2.20 bits per heavy atom. The molecule has 1 amide bonds. The summed E-state index contributed by atoms with van der Waals surface area (Å²) in [4.78, 5) is 12.9. The first-order valence-corrected chi connectivity index (χ1v) is 15.7. The quantitative estimate of drug-likeness (QED) is 0.348. The third-order valence-electron chi connectivity index (χ3n) is 6.46. The summed E-state index contributed by atoms with van der Waals surface area (Å²) < 4.78 is 53.2. The zero-order valence-electron chi connectivity index (χ0n) is 21.2. The lowest BCUT2D eigenvalue weighted by Crippen LogP contribution is -2.49. The lowest BCUT2D eigenvalue weighted by atomic mass is 10.0. The van der Waals surface area contributed by atoms with Crippen molar-refractivity contribution in [1.82, 2.24) is 5.32 Å². The van der Waals surface area contributed by atoms with Gasteiger partial charge >= 0.3 is 0 Å². The minimum absolute atomic E-state index is 0.132. The zero-order valence-corrected chi connectivity index (χ0v) is 23.0. The summed E-state index contributed by atoms with van der Waals surface area (Å²) in [6.45, 7) is 10.6. The molecule has 0 radical (unpaired) electrons. The van der Waals surface area contributed by atoms with Crippen LogP contribution in [0, 0.1) is 5.82 Å². The van der Waals surface area contributed by atoms with Gasteiger partial charge in [0.25, 0.3) is 14.2 Å². The summed E-state index contributed by atoms with van der Waals surface area (Å²) in [6.07, 6.45) is 1.07. The third kappa shape index (κ3) is 5.38. The molecule has 0 fully saturated rings. The minimum Gasteiger partial charge on any atom is -0.542 e. The number of nitrogens with one attached hydrogen (secondary N) is 2. The van der Waals surface area contributed by atoms with E-state index in [-0.39, 0.29) is 28.0 Å². The fourth-order valence-corrected chi connectivity index (χ4v) is 8.83. The van der Waals surface area contributed by atoms with Crippen molar-refractivity contribution in [3.8, 4) is 17.1 Å². The van der Waals surface area contributed by atoms with E-state index in [9.17, 15) is 17.6 Å². The van der Waals surface area contributed by atoms with Crippen LogP contribution in [0.3, 0.4) is 0 Å². The highest BCUT2D eigenvalue weighted by Crippen LogP contribution is 2.46. The number of anilines is 1. The summed E-state index contributed by atoms with van der Waals surface area (Å²) in [7, 11) is -4.52. The van der Waals surface area contributed by atoms with E-state index in [0.717, 1.165) is 18.3 Å². The van der Waals surface area contributed by atoms with E-state index in [2.05, 4.69) is 44.7 Å². The SMILES string of the molecule is CC[Si](CC)(Oc1cc2c(C(=O)NC)c(-c3ccc(F)cc3)oc2cc1NS(C)(=O)=O)C(C)(C)C. The van der Waals surface area contributed by atoms with Crippen LogP contribution in [0.1, 0.15) is 45.0 Å². The molecule has 0 atom stereocenters. The highest BCUT2D eigenvalue weighted by molar-refractivity contribution is 7.92.